The molecule has 1 aromatic heterocycles. The first kappa shape index (κ1) is 11.2. The van der Waals surface area contributed by atoms with Gasteiger partial charge in [-0.25, -0.2) is 0 Å². The summed E-state index contributed by atoms with van der Waals surface area (Å²) in [6.45, 7) is 3.53. The lowest BCUT2D eigenvalue weighted by atomic mass is 9.71. The average Bonchev–Trinajstić information content (AvgIpc) is 2.82. The second kappa shape index (κ2) is 4.29. The fourth-order valence-electron chi connectivity index (χ4n) is 2.45. The van der Waals surface area contributed by atoms with E-state index in [2.05, 4.69) is 5.32 Å². The Morgan fingerprint density at radius 3 is 2.75 bits per heavy atom. The molecule has 2 N–H and O–H groups in total. The van der Waals surface area contributed by atoms with Gasteiger partial charge in [0.25, 0.3) is 0 Å². The van der Waals surface area contributed by atoms with Crippen LogP contribution in [0.15, 0.2) is 22.8 Å². The predicted octanol–water partition coefficient (Wildman–Crippen LogP) is 1.62. The first-order valence-corrected chi connectivity index (χ1v) is 5.64. The van der Waals surface area contributed by atoms with E-state index in [0.29, 0.717) is 5.76 Å². The molecule has 0 bridgehead atoms. The van der Waals surface area contributed by atoms with Crippen LogP contribution in [0.5, 0.6) is 0 Å². The van der Waals surface area contributed by atoms with Gasteiger partial charge in [-0.2, -0.15) is 0 Å². The summed E-state index contributed by atoms with van der Waals surface area (Å²) in [5, 5.41) is 12.7. The van der Waals surface area contributed by atoms with E-state index in [9.17, 15) is 9.90 Å². The monoisotopic (exact) mass is 223 g/mol. The van der Waals surface area contributed by atoms with Crippen molar-refractivity contribution in [1.29, 1.82) is 0 Å². The second-order valence-electron chi connectivity index (χ2n) is 4.51. The number of furan rings is 1. The molecular weight excluding hydrogens is 206 g/mol. The van der Waals surface area contributed by atoms with Gasteiger partial charge in [0, 0.05) is 0 Å². The van der Waals surface area contributed by atoms with Crippen molar-refractivity contribution >= 4 is 5.97 Å². The summed E-state index contributed by atoms with van der Waals surface area (Å²) in [5.74, 6) is -0.0985. The van der Waals surface area contributed by atoms with Crippen molar-refractivity contribution in [1.82, 2.24) is 5.32 Å². The smallest absolute Gasteiger partial charge is 0.317 e. The van der Waals surface area contributed by atoms with E-state index in [1.54, 1.807) is 19.1 Å². The minimum Gasteiger partial charge on any atom is -0.480 e. The van der Waals surface area contributed by atoms with Crippen LogP contribution in [0.25, 0.3) is 0 Å². The molecule has 0 spiro atoms. The molecule has 0 aromatic carbocycles. The Balaban J connectivity index is 2.31. The second-order valence-corrected chi connectivity index (χ2v) is 4.51. The number of carboxylic acid groups (broad SMARTS) is 1. The summed E-state index contributed by atoms with van der Waals surface area (Å²) < 4.78 is 5.31. The molecule has 16 heavy (non-hydrogen) atoms. The molecule has 1 aromatic rings. The van der Waals surface area contributed by atoms with E-state index in [-0.39, 0.29) is 5.92 Å². The third kappa shape index (κ3) is 1.73. The molecule has 0 aliphatic carbocycles. The van der Waals surface area contributed by atoms with Gasteiger partial charge in [-0.15, -0.1) is 0 Å². The Morgan fingerprint density at radius 1 is 1.56 bits per heavy atom. The van der Waals surface area contributed by atoms with Crippen LogP contribution in [0.4, 0.5) is 0 Å². The molecule has 1 atom stereocenters. The van der Waals surface area contributed by atoms with Crippen molar-refractivity contribution in [3.63, 3.8) is 0 Å². The van der Waals surface area contributed by atoms with E-state index >= 15 is 0 Å². The quantitative estimate of drug-likeness (QED) is 0.817. The van der Waals surface area contributed by atoms with Crippen LogP contribution < -0.4 is 5.32 Å². The van der Waals surface area contributed by atoms with Gasteiger partial charge in [0.1, 0.15) is 11.2 Å². The molecule has 1 aliphatic heterocycles. The molecule has 1 fully saturated rings. The summed E-state index contributed by atoms with van der Waals surface area (Å²) in [6.07, 6.45) is 3.30. The van der Waals surface area contributed by atoms with Gasteiger partial charge in [-0.05, 0) is 50.9 Å². The highest BCUT2D eigenvalue weighted by Crippen LogP contribution is 2.37. The van der Waals surface area contributed by atoms with E-state index in [1.807, 2.05) is 0 Å². The molecule has 4 nitrogen and oxygen atoms in total. The number of nitrogens with one attached hydrogen (secondary N) is 1. The zero-order valence-electron chi connectivity index (χ0n) is 9.40. The lowest BCUT2D eigenvalue weighted by molar-refractivity contribution is -0.146. The van der Waals surface area contributed by atoms with Crippen molar-refractivity contribution in [2.75, 3.05) is 13.1 Å². The summed E-state index contributed by atoms with van der Waals surface area (Å²) in [7, 11) is 0. The maximum Gasteiger partial charge on any atom is 0.317 e. The van der Waals surface area contributed by atoms with Crippen molar-refractivity contribution in [2.45, 2.75) is 25.2 Å². The van der Waals surface area contributed by atoms with Crippen LogP contribution in [0.1, 0.15) is 25.5 Å². The topological polar surface area (TPSA) is 62.5 Å². The van der Waals surface area contributed by atoms with Crippen LogP contribution in [0.2, 0.25) is 0 Å². The van der Waals surface area contributed by atoms with Crippen LogP contribution in [-0.2, 0) is 10.2 Å². The van der Waals surface area contributed by atoms with Gasteiger partial charge in [0.05, 0.1) is 6.26 Å². The number of hydrogen-bond donors (Lipinski definition) is 2. The molecule has 1 unspecified atom stereocenters. The number of carbonyl (C=O) groups is 1. The first-order valence-electron chi connectivity index (χ1n) is 5.64. The molecule has 2 heterocycles. The molecule has 0 amide bonds. The van der Waals surface area contributed by atoms with Gasteiger partial charge in [-0.3, -0.25) is 4.79 Å². The number of aliphatic carboxylic acids is 1. The first-order chi connectivity index (χ1) is 7.65. The van der Waals surface area contributed by atoms with E-state index < -0.39 is 11.4 Å². The fourth-order valence-corrected chi connectivity index (χ4v) is 2.45. The van der Waals surface area contributed by atoms with Crippen molar-refractivity contribution in [3.05, 3.63) is 24.2 Å². The van der Waals surface area contributed by atoms with Crippen LogP contribution >= 0.6 is 0 Å². The third-order valence-electron chi connectivity index (χ3n) is 3.63. The van der Waals surface area contributed by atoms with Crippen molar-refractivity contribution in [3.8, 4) is 0 Å². The zero-order chi connectivity index (χ0) is 11.6. The van der Waals surface area contributed by atoms with Crippen LogP contribution in [-0.4, -0.2) is 24.2 Å². The van der Waals surface area contributed by atoms with Gasteiger partial charge < -0.3 is 14.8 Å². The Kier molecular flexibility index (Phi) is 3.01. The van der Waals surface area contributed by atoms with Gasteiger partial charge in [0.2, 0.25) is 0 Å². The summed E-state index contributed by atoms with van der Waals surface area (Å²) in [6, 6.07) is 3.51. The van der Waals surface area contributed by atoms with Gasteiger partial charge in [-0.1, -0.05) is 0 Å². The molecule has 1 aliphatic rings. The standard InChI is InChI=1S/C12H17NO3/c1-12(11(14)15,10-3-2-8-16-10)9-4-6-13-7-5-9/h2-3,8-9,13H,4-7H2,1H3,(H,14,15). The maximum atomic E-state index is 11.5. The largest absolute Gasteiger partial charge is 0.480 e. The van der Waals surface area contributed by atoms with Crippen LogP contribution in [0.3, 0.4) is 0 Å². The van der Waals surface area contributed by atoms with Gasteiger partial charge >= 0.3 is 5.97 Å². The number of rotatable bonds is 3. The molecular formula is C12H17NO3. The Bertz CT molecular complexity index is 354. The highest BCUT2D eigenvalue weighted by atomic mass is 16.4. The summed E-state index contributed by atoms with van der Waals surface area (Å²) in [4.78, 5) is 11.5. The SMILES string of the molecule is CC(C(=O)O)(c1ccco1)C1CCNCC1. The lowest BCUT2D eigenvalue weighted by Crippen LogP contribution is -2.45. The highest BCUT2D eigenvalue weighted by molar-refractivity contribution is 5.80. The lowest BCUT2D eigenvalue weighted by Gasteiger charge is -2.35. The predicted molar refractivity (Wildman–Crippen MR) is 59.3 cm³/mol. The van der Waals surface area contributed by atoms with E-state index in [4.69, 9.17) is 4.42 Å². The normalized spacial score (nSPS) is 21.6. The van der Waals surface area contributed by atoms with Gasteiger partial charge in [0.15, 0.2) is 0 Å². The molecule has 4 heteroatoms. The van der Waals surface area contributed by atoms with Crippen molar-refractivity contribution < 1.29 is 14.3 Å². The number of hydrogen-bond acceptors (Lipinski definition) is 3. The van der Waals surface area contributed by atoms with E-state index in [1.165, 1.54) is 6.26 Å². The molecule has 1 saturated heterocycles. The van der Waals surface area contributed by atoms with E-state index in [0.717, 1.165) is 25.9 Å². The molecule has 0 radical (unpaired) electrons. The van der Waals surface area contributed by atoms with Crippen molar-refractivity contribution in [2.24, 2.45) is 5.92 Å². The maximum absolute atomic E-state index is 11.5. The fraction of sp³-hybridized carbons (Fsp3) is 0.583. The summed E-state index contributed by atoms with van der Waals surface area (Å²) in [5.41, 5.74) is -0.897. The number of piperidine rings is 1. The Labute approximate surface area is 94.6 Å². The minimum absolute atomic E-state index is 0.136. The number of carboxylic acids is 1. The Hall–Kier alpha value is -1.29. The summed E-state index contributed by atoms with van der Waals surface area (Å²) >= 11 is 0. The average molecular weight is 223 g/mol. The third-order valence-corrected chi connectivity index (χ3v) is 3.63. The Morgan fingerprint density at radius 2 is 2.25 bits per heavy atom. The molecule has 0 saturated carbocycles. The molecule has 2 rings (SSSR count). The minimum atomic E-state index is -0.897. The zero-order valence-corrected chi connectivity index (χ0v) is 9.40. The molecule has 88 valence electrons. The highest BCUT2D eigenvalue weighted by Gasteiger charge is 2.45. The van der Waals surface area contributed by atoms with Crippen LogP contribution in [0, 0.1) is 5.92 Å².